The van der Waals surface area contributed by atoms with E-state index in [-0.39, 0.29) is 80.4 Å². The number of rotatable bonds is 28. The minimum Gasteiger partial charge on any atom is -0.457 e. The first-order chi connectivity index (χ1) is 43.6. The molecule has 8 amide bonds. The van der Waals surface area contributed by atoms with Crippen molar-refractivity contribution in [2.45, 2.75) is 109 Å². The molecule has 0 saturated carbocycles. The Bertz CT molecular complexity index is 3840. The van der Waals surface area contributed by atoms with Crippen molar-refractivity contribution in [1.82, 2.24) is 40.4 Å². The maximum atomic E-state index is 13.9. The SMILES string of the molecule is CO[P@](=O)(S)OC[C@H]1O[C@@H](n2cnc3c(=O)[nH]c(NC(=O)c4ccccc4CN(C)C(=O)OCc4ccc(NC(=O)[C@H](CCCNC(N)=O)NC(=O)C(NC(=O)CCCCC(=O)N5Cc6ccccc6C#Cc6ccccc65)C(C)C)cc4)nc32)[C@H](OC=O)[C@@H]1O. The average molecular weight is 1290 g/mol. The van der Waals surface area contributed by atoms with E-state index >= 15 is 0 Å². The van der Waals surface area contributed by atoms with Crippen molar-refractivity contribution in [2.75, 3.05) is 42.8 Å². The smallest absolute Gasteiger partial charge is 0.410 e. The average Bonchev–Trinajstić information content (AvgIpc) is 1.64. The number of hydrogen-bond acceptors (Lipinski definition) is 18. The molecule has 4 heterocycles. The largest absolute Gasteiger partial charge is 0.457 e. The van der Waals surface area contributed by atoms with Gasteiger partial charge in [-0.25, -0.2) is 19.1 Å². The summed E-state index contributed by atoms with van der Waals surface area (Å²) in [6.07, 6.45) is -3.78. The van der Waals surface area contributed by atoms with E-state index in [1.165, 1.54) is 22.6 Å². The highest BCUT2D eigenvalue weighted by molar-refractivity contribution is 8.44. The lowest BCUT2D eigenvalue weighted by molar-refractivity contribution is -0.142. The minimum atomic E-state index is -3.81. The van der Waals surface area contributed by atoms with Crippen LogP contribution in [0, 0.1) is 17.8 Å². The third-order valence-electron chi connectivity index (χ3n) is 14.7. The van der Waals surface area contributed by atoms with Gasteiger partial charge in [0.05, 0.1) is 25.2 Å². The van der Waals surface area contributed by atoms with Crippen molar-refractivity contribution in [2.24, 2.45) is 11.7 Å². The van der Waals surface area contributed by atoms with Gasteiger partial charge in [-0.1, -0.05) is 98.6 Å². The highest BCUT2D eigenvalue weighted by atomic mass is 32.7. The van der Waals surface area contributed by atoms with Crippen LogP contribution in [-0.4, -0.2) is 135 Å². The second-order valence-electron chi connectivity index (χ2n) is 21.5. The fourth-order valence-electron chi connectivity index (χ4n) is 9.96. The molecule has 91 heavy (non-hydrogen) atoms. The van der Waals surface area contributed by atoms with Crippen LogP contribution < -0.4 is 42.8 Å². The third kappa shape index (κ3) is 17.9. The summed E-state index contributed by atoms with van der Waals surface area (Å²) < 4.78 is 39.9. The first-order valence-electron chi connectivity index (χ1n) is 28.8. The topological polar surface area (TPSA) is 376 Å². The monoisotopic (exact) mass is 1290 g/mol. The molecule has 7 atom stereocenters. The molecule has 1 fully saturated rings. The quantitative estimate of drug-likeness (QED) is 0.0101. The number of nitrogens with one attached hydrogen (secondary N) is 6. The van der Waals surface area contributed by atoms with Gasteiger partial charge >= 0.3 is 18.9 Å². The second kappa shape index (κ2) is 31.3. The number of benzene rings is 4. The molecule has 30 heteroatoms. The van der Waals surface area contributed by atoms with Crippen LogP contribution in [0.25, 0.3) is 11.2 Å². The second-order valence-corrected chi connectivity index (χ2v) is 24.6. The molecule has 2 aromatic heterocycles. The van der Waals surface area contributed by atoms with Gasteiger partial charge in [0, 0.05) is 62.5 Å². The number of aliphatic hydroxyl groups is 1. The zero-order valence-electron chi connectivity index (χ0n) is 50.0. The third-order valence-corrected chi connectivity index (χ3v) is 16.5. The van der Waals surface area contributed by atoms with E-state index in [2.05, 4.69) is 65.6 Å². The summed E-state index contributed by atoms with van der Waals surface area (Å²) in [5.41, 5.74) is 8.68. The number of ether oxygens (including phenoxy) is 3. The number of hydrogen-bond donors (Lipinski definition) is 9. The Morgan fingerprint density at radius 3 is 2.36 bits per heavy atom. The number of nitrogens with two attached hydrogens (primary N) is 1. The molecule has 1 saturated heterocycles. The lowest BCUT2D eigenvalue weighted by atomic mass is 10.0. The van der Waals surface area contributed by atoms with E-state index in [9.17, 15) is 52.8 Å². The number of aromatic amines is 1. The Labute approximate surface area is 527 Å². The van der Waals surface area contributed by atoms with Crippen molar-refractivity contribution in [1.29, 1.82) is 0 Å². The van der Waals surface area contributed by atoms with Crippen molar-refractivity contribution >= 4 is 95.7 Å². The number of primary amides is 1. The first-order valence-corrected chi connectivity index (χ1v) is 31.5. The van der Waals surface area contributed by atoms with Gasteiger partial charge in [0.25, 0.3) is 17.9 Å². The van der Waals surface area contributed by atoms with Crippen LogP contribution in [0.15, 0.2) is 108 Å². The first kappa shape index (κ1) is 67.5. The predicted molar refractivity (Wildman–Crippen MR) is 334 cm³/mol. The number of amides is 8. The fourth-order valence-corrected chi connectivity index (χ4v) is 10.6. The van der Waals surface area contributed by atoms with Crippen LogP contribution in [0.1, 0.15) is 96.8 Å². The van der Waals surface area contributed by atoms with Crippen molar-refractivity contribution in [3.8, 4) is 11.8 Å². The summed E-state index contributed by atoms with van der Waals surface area (Å²) >= 11 is 3.80. The number of nitrogens with zero attached hydrogens (tertiary/aromatic N) is 5. The van der Waals surface area contributed by atoms with Gasteiger partial charge in [-0.3, -0.25) is 53.0 Å². The van der Waals surface area contributed by atoms with Crippen LogP contribution in [0.2, 0.25) is 0 Å². The molecule has 4 aromatic carbocycles. The molecular weight excluding hydrogens is 1220 g/mol. The number of aliphatic hydroxyl groups excluding tert-OH is 1. The number of imidazole rings is 1. The van der Waals surface area contributed by atoms with Gasteiger partial charge < -0.3 is 60.6 Å². The lowest BCUT2D eigenvalue weighted by Gasteiger charge is -2.26. The Morgan fingerprint density at radius 1 is 0.923 bits per heavy atom. The van der Waals surface area contributed by atoms with Crippen molar-refractivity contribution < 1.29 is 71.3 Å². The lowest BCUT2D eigenvalue weighted by Crippen LogP contribution is -2.54. The number of para-hydroxylation sites is 1. The highest BCUT2D eigenvalue weighted by Gasteiger charge is 2.48. The summed E-state index contributed by atoms with van der Waals surface area (Å²) in [6.45, 7) is -0.588. The zero-order valence-corrected chi connectivity index (χ0v) is 51.8. The van der Waals surface area contributed by atoms with E-state index in [1.54, 1.807) is 61.2 Å². The van der Waals surface area contributed by atoms with Gasteiger partial charge in [-0.15, -0.1) is 0 Å². The number of H-pyrrole nitrogens is 1. The van der Waals surface area contributed by atoms with Gasteiger partial charge in [-0.05, 0) is 84.7 Å². The van der Waals surface area contributed by atoms with E-state index < -0.39 is 97.3 Å². The standard InChI is InChI=1S/C61H69N12O16PS/c1-36(2)49(67-47(75)21-11-12-22-48(76)72-31-40-16-6-5-14-38(40)25-26-39-15-8-10-20-45(39)72)56(80)66-44(19-13-29-63-59(62)82)55(79)65-42-27-23-37(24-28-42)32-86-61(83)71(3)30-41-17-7-9-18-43(41)54(78)69-60-68-53-50(57(81)70-60)64-34-73(53)58-52(87-35-74)51(77)46(89-58)33-88-90(84,91)85-4/h5-10,14-18,20,23-24,27-28,34-36,44,46,49,51-52,58,77H,11-13,19,21-22,29-33H2,1-4H3,(H,65,79)(H,66,80)(H,67,75)(H,84,91)(H3,62,63,82)(H2,68,69,70,78,81)/t44-,46+,49?,51+,52+,58+,90-/m0/s1. The number of unbranched alkanes of at least 4 members (excludes halogenated alkanes) is 1. The number of urea groups is 1. The van der Waals surface area contributed by atoms with E-state index in [0.717, 1.165) is 30.1 Å². The van der Waals surface area contributed by atoms with Gasteiger partial charge in [0.1, 0.15) is 30.9 Å². The van der Waals surface area contributed by atoms with Gasteiger partial charge in [0.2, 0.25) is 29.6 Å². The molecule has 9 N–H and O–H groups in total. The summed E-state index contributed by atoms with van der Waals surface area (Å²) in [5.74, 6) is 3.22. The van der Waals surface area contributed by atoms with Crippen molar-refractivity contribution in [3.63, 3.8) is 0 Å². The number of anilines is 3. The summed E-state index contributed by atoms with van der Waals surface area (Å²) in [7, 11) is 2.56. The Balaban J connectivity index is 0.825. The molecule has 480 valence electrons. The molecule has 2 aliphatic heterocycles. The summed E-state index contributed by atoms with van der Waals surface area (Å²) in [6, 6.07) is 24.9. The van der Waals surface area contributed by atoms with Crippen LogP contribution in [0.5, 0.6) is 0 Å². The van der Waals surface area contributed by atoms with Gasteiger partial charge in [-0.2, -0.15) is 4.98 Å². The van der Waals surface area contributed by atoms with Gasteiger partial charge in [0.15, 0.2) is 23.5 Å². The Kier molecular flexibility index (Phi) is 23.3. The number of carbonyl (C=O) groups is 8. The van der Waals surface area contributed by atoms with E-state index in [0.29, 0.717) is 41.9 Å². The molecular formula is C61H69N12O16PS. The Hall–Kier alpha value is -9.43. The number of aromatic nitrogens is 4. The molecule has 28 nitrogen and oxygen atoms in total. The molecule has 6 aromatic rings. The van der Waals surface area contributed by atoms with Crippen molar-refractivity contribution in [3.05, 3.63) is 147 Å². The summed E-state index contributed by atoms with van der Waals surface area (Å²) in [4.78, 5) is 132. The summed E-state index contributed by atoms with van der Waals surface area (Å²) in [5, 5.41) is 24.3. The molecule has 2 aliphatic rings. The molecule has 8 rings (SSSR count). The minimum absolute atomic E-state index is 0.0385. The maximum absolute atomic E-state index is 13.9. The van der Waals surface area contributed by atoms with Crippen LogP contribution in [-0.2, 0) is 71.5 Å². The molecule has 0 bridgehead atoms. The number of fused-ring (bicyclic) bond motifs is 3. The normalized spacial score (nSPS) is 17.0. The highest BCUT2D eigenvalue weighted by Crippen LogP contribution is 2.52. The molecule has 0 radical (unpaired) electrons. The van der Waals surface area contributed by atoms with Crippen LogP contribution in [0.4, 0.5) is 26.9 Å². The fraction of sp³-hybridized carbons (Fsp3) is 0.361. The Morgan fingerprint density at radius 2 is 1.63 bits per heavy atom. The van der Waals surface area contributed by atoms with E-state index in [4.69, 9.17) is 29.0 Å². The van der Waals surface area contributed by atoms with E-state index in [1.807, 2.05) is 48.5 Å². The molecule has 0 aliphatic carbocycles. The predicted octanol–water partition coefficient (Wildman–Crippen LogP) is 5.16. The maximum Gasteiger partial charge on any atom is 0.410 e. The van der Waals surface area contributed by atoms with Crippen LogP contribution in [0.3, 0.4) is 0 Å². The zero-order chi connectivity index (χ0) is 65.4. The number of thiol groups is 1. The molecule has 1 unspecified atom stereocenters. The molecule has 0 spiro atoms. The van der Waals surface area contributed by atoms with Crippen LogP contribution >= 0.6 is 19.0 Å². The number of carbonyl (C=O) groups excluding carboxylic acids is 8.